The molecule has 1 atom stereocenters. The molecule has 5 nitrogen and oxygen atoms in total. The van der Waals surface area contributed by atoms with Crippen LogP contribution in [0.25, 0.3) is 0 Å². The van der Waals surface area contributed by atoms with Crippen LogP contribution in [0.15, 0.2) is 24.5 Å². The molecule has 0 aliphatic carbocycles. The van der Waals surface area contributed by atoms with Gasteiger partial charge in [-0.25, -0.2) is 9.67 Å². The Balaban J connectivity index is 2.16. The predicted molar refractivity (Wildman–Crippen MR) is 68.0 cm³/mol. The van der Waals surface area contributed by atoms with Gasteiger partial charge in [-0.1, -0.05) is 6.07 Å². The number of aliphatic hydroxyl groups is 1. The lowest BCUT2D eigenvalue weighted by molar-refractivity contribution is 0.168. The van der Waals surface area contributed by atoms with Gasteiger partial charge in [-0.05, 0) is 32.9 Å². The summed E-state index contributed by atoms with van der Waals surface area (Å²) in [4.78, 5) is 8.51. The molecular formula is C13H18N4O. The fourth-order valence-electron chi connectivity index (χ4n) is 1.88. The summed E-state index contributed by atoms with van der Waals surface area (Å²) in [5, 5.41) is 14.3. The van der Waals surface area contributed by atoms with Crippen LogP contribution in [0.1, 0.15) is 43.2 Å². The minimum Gasteiger partial charge on any atom is -0.386 e. The molecule has 5 heteroatoms. The third-order valence-corrected chi connectivity index (χ3v) is 2.76. The minimum absolute atomic E-state index is 0.236. The van der Waals surface area contributed by atoms with E-state index in [1.165, 1.54) is 6.33 Å². The van der Waals surface area contributed by atoms with Gasteiger partial charge in [0.05, 0.1) is 5.69 Å². The Hall–Kier alpha value is -1.75. The van der Waals surface area contributed by atoms with Crippen molar-refractivity contribution in [2.24, 2.45) is 0 Å². The number of pyridine rings is 1. The van der Waals surface area contributed by atoms with Crippen LogP contribution in [-0.2, 0) is 6.42 Å². The first-order valence-corrected chi connectivity index (χ1v) is 6.08. The third-order valence-electron chi connectivity index (χ3n) is 2.76. The SMILES string of the molecule is Cc1cccc(C(O)Cc2ncnn2C(C)C)n1. The summed E-state index contributed by atoms with van der Waals surface area (Å²) in [6.07, 6.45) is 1.30. The normalized spacial score (nSPS) is 12.9. The van der Waals surface area contributed by atoms with Crippen LogP contribution in [-0.4, -0.2) is 24.9 Å². The van der Waals surface area contributed by atoms with Gasteiger partial charge in [-0.3, -0.25) is 4.98 Å². The number of hydrogen-bond donors (Lipinski definition) is 1. The lowest BCUT2D eigenvalue weighted by atomic mass is 10.1. The topological polar surface area (TPSA) is 63.8 Å². The van der Waals surface area contributed by atoms with E-state index in [2.05, 4.69) is 15.1 Å². The molecule has 0 aliphatic heterocycles. The monoisotopic (exact) mass is 246 g/mol. The lowest BCUT2D eigenvalue weighted by Crippen LogP contribution is -2.13. The zero-order valence-electron chi connectivity index (χ0n) is 10.9. The minimum atomic E-state index is -0.647. The number of nitrogens with zero attached hydrogens (tertiary/aromatic N) is 4. The highest BCUT2D eigenvalue weighted by Gasteiger charge is 2.15. The van der Waals surface area contributed by atoms with E-state index in [0.29, 0.717) is 12.1 Å². The van der Waals surface area contributed by atoms with E-state index in [-0.39, 0.29) is 6.04 Å². The van der Waals surface area contributed by atoms with Gasteiger partial charge >= 0.3 is 0 Å². The van der Waals surface area contributed by atoms with E-state index in [0.717, 1.165) is 11.5 Å². The summed E-state index contributed by atoms with van der Waals surface area (Å²) in [6.45, 7) is 5.98. The molecule has 0 saturated carbocycles. The Morgan fingerprint density at radius 2 is 2.11 bits per heavy atom. The maximum atomic E-state index is 10.2. The molecule has 0 amide bonds. The zero-order valence-corrected chi connectivity index (χ0v) is 10.9. The summed E-state index contributed by atoms with van der Waals surface area (Å²) < 4.78 is 1.82. The van der Waals surface area contributed by atoms with Crippen LogP contribution in [0.4, 0.5) is 0 Å². The van der Waals surface area contributed by atoms with E-state index in [1.54, 1.807) is 0 Å². The average molecular weight is 246 g/mol. The van der Waals surface area contributed by atoms with Gasteiger partial charge < -0.3 is 5.11 Å². The highest BCUT2D eigenvalue weighted by Crippen LogP contribution is 2.17. The number of aryl methyl sites for hydroxylation is 1. The lowest BCUT2D eigenvalue weighted by Gasteiger charge is -2.13. The van der Waals surface area contributed by atoms with Crippen molar-refractivity contribution in [2.75, 3.05) is 0 Å². The molecule has 0 aromatic carbocycles. The van der Waals surface area contributed by atoms with Gasteiger partial charge in [0, 0.05) is 18.2 Å². The molecule has 0 spiro atoms. The maximum absolute atomic E-state index is 10.2. The first-order chi connectivity index (χ1) is 8.58. The smallest absolute Gasteiger partial charge is 0.138 e. The summed E-state index contributed by atoms with van der Waals surface area (Å²) in [7, 11) is 0. The Morgan fingerprint density at radius 1 is 1.33 bits per heavy atom. The van der Waals surface area contributed by atoms with Gasteiger partial charge in [-0.2, -0.15) is 5.10 Å². The second-order valence-corrected chi connectivity index (χ2v) is 4.64. The van der Waals surface area contributed by atoms with Crippen molar-refractivity contribution in [3.63, 3.8) is 0 Å². The second kappa shape index (κ2) is 5.27. The first-order valence-electron chi connectivity index (χ1n) is 6.08. The molecule has 1 unspecified atom stereocenters. The van der Waals surface area contributed by atoms with Crippen molar-refractivity contribution < 1.29 is 5.11 Å². The summed E-state index contributed by atoms with van der Waals surface area (Å²) in [5.74, 6) is 0.779. The molecule has 96 valence electrons. The number of aliphatic hydroxyl groups excluding tert-OH is 1. The van der Waals surface area contributed by atoms with E-state index in [1.807, 2.05) is 43.7 Å². The summed E-state index contributed by atoms with van der Waals surface area (Å²) in [6, 6.07) is 5.87. The van der Waals surface area contributed by atoms with Crippen LogP contribution in [0.2, 0.25) is 0 Å². The Labute approximate surface area is 107 Å². The Kier molecular flexibility index (Phi) is 3.72. The summed E-state index contributed by atoms with van der Waals surface area (Å²) >= 11 is 0. The highest BCUT2D eigenvalue weighted by atomic mass is 16.3. The Morgan fingerprint density at radius 3 is 2.78 bits per heavy atom. The second-order valence-electron chi connectivity index (χ2n) is 4.64. The third kappa shape index (κ3) is 2.73. The van der Waals surface area contributed by atoms with Crippen molar-refractivity contribution in [3.05, 3.63) is 41.7 Å². The van der Waals surface area contributed by atoms with Crippen LogP contribution >= 0.6 is 0 Å². The fourth-order valence-corrected chi connectivity index (χ4v) is 1.88. The zero-order chi connectivity index (χ0) is 13.1. The molecule has 2 heterocycles. The van der Waals surface area contributed by atoms with Gasteiger partial charge in [-0.15, -0.1) is 0 Å². The molecule has 2 rings (SSSR count). The average Bonchev–Trinajstić information content (AvgIpc) is 2.77. The highest BCUT2D eigenvalue weighted by molar-refractivity contribution is 5.13. The molecule has 2 aromatic rings. The van der Waals surface area contributed by atoms with Crippen LogP contribution in [0, 0.1) is 6.92 Å². The molecule has 0 saturated heterocycles. The van der Waals surface area contributed by atoms with Crippen LogP contribution in [0.3, 0.4) is 0 Å². The number of aromatic nitrogens is 4. The van der Waals surface area contributed by atoms with Gasteiger partial charge in [0.1, 0.15) is 18.3 Å². The van der Waals surface area contributed by atoms with Crippen molar-refractivity contribution in [1.29, 1.82) is 0 Å². The molecule has 1 N–H and O–H groups in total. The molecule has 0 fully saturated rings. The van der Waals surface area contributed by atoms with Crippen LogP contribution < -0.4 is 0 Å². The molecule has 18 heavy (non-hydrogen) atoms. The van der Waals surface area contributed by atoms with Crippen molar-refractivity contribution in [1.82, 2.24) is 19.7 Å². The first kappa shape index (κ1) is 12.7. The van der Waals surface area contributed by atoms with Crippen LogP contribution in [0.5, 0.6) is 0 Å². The van der Waals surface area contributed by atoms with Crippen molar-refractivity contribution >= 4 is 0 Å². The van der Waals surface area contributed by atoms with E-state index in [4.69, 9.17) is 0 Å². The molecule has 2 aromatic heterocycles. The largest absolute Gasteiger partial charge is 0.386 e. The maximum Gasteiger partial charge on any atom is 0.138 e. The molecule has 0 aliphatic rings. The van der Waals surface area contributed by atoms with Gasteiger partial charge in [0.25, 0.3) is 0 Å². The van der Waals surface area contributed by atoms with Gasteiger partial charge in [0.15, 0.2) is 0 Å². The quantitative estimate of drug-likeness (QED) is 0.894. The van der Waals surface area contributed by atoms with E-state index in [9.17, 15) is 5.11 Å². The predicted octanol–water partition coefficient (Wildman–Crippen LogP) is 1.84. The standard InChI is InChI=1S/C13H18N4O/c1-9(2)17-13(14-8-15-17)7-12(18)11-6-4-5-10(3)16-11/h4-6,8-9,12,18H,7H2,1-3H3. The van der Waals surface area contributed by atoms with Crippen molar-refractivity contribution in [3.8, 4) is 0 Å². The van der Waals surface area contributed by atoms with E-state index >= 15 is 0 Å². The van der Waals surface area contributed by atoms with Crippen molar-refractivity contribution in [2.45, 2.75) is 39.3 Å². The van der Waals surface area contributed by atoms with Gasteiger partial charge in [0.2, 0.25) is 0 Å². The fraction of sp³-hybridized carbons (Fsp3) is 0.462. The van der Waals surface area contributed by atoms with E-state index < -0.39 is 6.10 Å². The number of hydrogen-bond acceptors (Lipinski definition) is 4. The Bertz CT molecular complexity index is 521. The number of rotatable bonds is 4. The molecule has 0 bridgehead atoms. The molecule has 0 radical (unpaired) electrons. The summed E-state index contributed by atoms with van der Waals surface area (Å²) in [5.41, 5.74) is 1.57. The molecular weight excluding hydrogens is 228 g/mol.